The molecule has 1 aromatic heterocycles. The smallest absolute Gasteiger partial charge is 0.256 e. The average Bonchev–Trinajstić information content (AvgIpc) is 3.21. The van der Waals surface area contributed by atoms with E-state index in [2.05, 4.69) is 25.7 Å². The number of hydrogen-bond acceptors (Lipinski definition) is 8. The molecular weight excluding hydrogens is 399 g/mol. The van der Waals surface area contributed by atoms with E-state index in [1.807, 2.05) is 4.90 Å². The molecule has 0 saturated carbocycles. The molecule has 1 saturated heterocycles. The molecule has 0 aliphatic carbocycles. The van der Waals surface area contributed by atoms with E-state index >= 15 is 0 Å². The zero-order valence-corrected chi connectivity index (χ0v) is 16.8. The summed E-state index contributed by atoms with van der Waals surface area (Å²) in [5.41, 5.74) is 7.30. The van der Waals surface area contributed by atoms with Crippen LogP contribution in [0.4, 0.5) is 10.1 Å². The van der Waals surface area contributed by atoms with E-state index in [1.165, 1.54) is 17.9 Å². The molecule has 0 spiro atoms. The summed E-state index contributed by atoms with van der Waals surface area (Å²) in [7, 11) is 1.48. The van der Waals surface area contributed by atoms with Crippen LogP contribution >= 0.6 is 12.2 Å². The Hall–Kier alpha value is -2.99. The Bertz CT molecular complexity index is 882. The monoisotopic (exact) mass is 422 g/mol. The lowest BCUT2D eigenvalue weighted by Gasteiger charge is -2.35. The number of halogens is 1. The number of rotatable bonds is 6. The minimum absolute atomic E-state index is 0.167. The van der Waals surface area contributed by atoms with Crippen LogP contribution in [0.2, 0.25) is 0 Å². The second kappa shape index (κ2) is 9.47. The van der Waals surface area contributed by atoms with Gasteiger partial charge in [-0.25, -0.2) is 9.07 Å². The SMILES string of the molecule is COC(=S)NCc1cn(-c2ccc(N3CCN(C/C(N)=N/O)CC3)c(F)c2)nn1. The number of nitrogens with one attached hydrogen (secondary N) is 1. The van der Waals surface area contributed by atoms with Crippen LogP contribution in [0.3, 0.4) is 0 Å². The quantitative estimate of drug-likeness (QED) is 0.199. The lowest BCUT2D eigenvalue weighted by Crippen LogP contribution is -2.49. The largest absolute Gasteiger partial charge is 0.474 e. The van der Waals surface area contributed by atoms with Gasteiger partial charge >= 0.3 is 0 Å². The zero-order chi connectivity index (χ0) is 20.8. The molecule has 0 radical (unpaired) electrons. The molecule has 0 amide bonds. The van der Waals surface area contributed by atoms with Crippen molar-refractivity contribution in [2.75, 3.05) is 44.7 Å². The minimum Gasteiger partial charge on any atom is -0.474 e. The van der Waals surface area contributed by atoms with Gasteiger partial charge in [-0.05, 0) is 24.4 Å². The number of ether oxygens (including phenoxy) is 1. The molecule has 0 bridgehead atoms. The Morgan fingerprint density at radius 2 is 2.14 bits per heavy atom. The van der Waals surface area contributed by atoms with Crippen molar-refractivity contribution >= 4 is 28.9 Å². The van der Waals surface area contributed by atoms with E-state index in [1.54, 1.807) is 18.3 Å². The summed E-state index contributed by atoms with van der Waals surface area (Å²) >= 11 is 4.91. The van der Waals surface area contributed by atoms with E-state index in [-0.39, 0.29) is 16.8 Å². The van der Waals surface area contributed by atoms with Crippen LogP contribution in [-0.4, -0.2) is 75.9 Å². The first-order valence-corrected chi connectivity index (χ1v) is 9.37. The van der Waals surface area contributed by atoms with Crippen molar-refractivity contribution in [2.24, 2.45) is 10.9 Å². The summed E-state index contributed by atoms with van der Waals surface area (Å²) in [5.74, 6) is -0.163. The summed E-state index contributed by atoms with van der Waals surface area (Å²) in [5, 5.41) is 22.9. The molecule has 0 atom stereocenters. The molecule has 2 heterocycles. The fraction of sp³-hybridized carbons (Fsp3) is 0.412. The highest BCUT2D eigenvalue weighted by molar-refractivity contribution is 7.80. The molecule has 1 aromatic carbocycles. The third-order valence-corrected chi connectivity index (χ3v) is 4.87. The van der Waals surface area contributed by atoms with Gasteiger partial charge in [0.05, 0.1) is 37.8 Å². The van der Waals surface area contributed by atoms with E-state index < -0.39 is 0 Å². The first kappa shape index (κ1) is 20.7. The van der Waals surface area contributed by atoms with Gasteiger partial charge in [0.25, 0.3) is 5.17 Å². The molecule has 156 valence electrons. The average molecular weight is 422 g/mol. The Morgan fingerprint density at radius 1 is 1.38 bits per heavy atom. The lowest BCUT2D eigenvalue weighted by molar-refractivity contribution is 0.278. The second-order valence-corrected chi connectivity index (χ2v) is 6.86. The van der Waals surface area contributed by atoms with Crippen molar-refractivity contribution in [3.05, 3.63) is 35.9 Å². The molecule has 10 nitrogen and oxygen atoms in total. The molecule has 2 aromatic rings. The topological polar surface area (TPSA) is 117 Å². The summed E-state index contributed by atoms with van der Waals surface area (Å²) in [4.78, 5) is 4.03. The van der Waals surface area contributed by atoms with Crippen molar-refractivity contribution in [1.29, 1.82) is 0 Å². The third kappa shape index (κ3) is 5.29. The second-order valence-electron chi connectivity index (χ2n) is 6.49. The molecule has 1 fully saturated rings. The number of nitrogens with zero attached hydrogens (tertiary/aromatic N) is 6. The zero-order valence-electron chi connectivity index (χ0n) is 16.0. The van der Waals surface area contributed by atoms with Crippen molar-refractivity contribution < 1.29 is 14.3 Å². The molecule has 4 N–H and O–H groups in total. The highest BCUT2D eigenvalue weighted by atomic mass is 32.1. The summed E-state index contributed by atoms with van der Waals surface area (Å²) in [6.07, 6.45) is 1.70. The van der Waals surface area contributed by atoms with E-state index in [0.29, 0.717) is 56.3 Å². The molecule has 1 aliphatic rings. The Balaban J connectivity index is 1.62. The summed E-state index contributed by atoms with van der Waals surface area (Å²) < 4.78 is 21.1. The Kier molecular flexibility index (Phi) is 6.77. The first-order chi connectivity index (χ1) is 14.0. The maximum absolute atomic E-state index is 14.8. The van der Waals surface area contributed by atoms with Gasteiger partial charge in [-0.15, -0.1) is 5.10 Å². The minimum atomic E-state index is -0.330. The molecule has 29 heavy (non-hydrogen) atoms. The highest BCUT2D eigenvalue weighted by Gasteiger charge is 2.20. The van der Waals surface area contributed by atoms with Crippen LogP contribution in [0.15, 0.2) is 29.6 Å². The highest BCUT2D eigenvalue weighted by Crippen LogP contribution is 2.23. The fourth-order valence-electron chi connectivity index (χ4n) is 3.04. The van der Waals surface area contributed by atoms with E-state index in [4.69, 9.17) is 27.9 Å². The molecule has 3 rings (SSSR count). The third-order valence-electron chi connectivity index (χ3n) is 4.56. The number of nitrogens with two attached hydrogens (primary N) is 1. The number of methoxy groups -OCH3 is 1. The maximum atomic E-state index is 14.8. The number of thiocarbonyl (C=S) groups is 1. The molecule has 0 unspecified atom stereocenters. The van der Waals surface area contributed by atoms with Gasteiger partial charge in [-0.3, -0.25) is 4.90 Å². The van der Waals surface area contributed by atoms with Gasteiger partial charge in [0, 0.05) is 32.2 Å². The molecular formula is C17H23FN8O2S. The van der Waals surface area contributed by atoms with E-state index in [9.17, 15) is 4.39 Å². The van der Waals surface area contributed by atoms with Crippen molar-refractivity contribution in [3.8, 4) is 5.69 Å². The predicted octanol–water partition coefficient (Wildman–Crippen LogP) is 0.296. The number of hydrogen-bond donors (Lipinski definition) is 3. The molecule has 12 heteroatoms. The number of amidine groups is 1. The number of anilines is 1. The predicted molar refractivity (Wildman–Crippen MR) is 110 cm³/mol. The molecule has 1 aliphatic heterocycles. The van der Waals surface area contributed by atoms with Crippen LogP contribution < -0.4 is 16.0 Å². The Morgan fingerprint density at radius 3 is 2.79 bits per heavy atom. The van der Waals surface area contributed by atoms with Gasteiger partial charge < -0.3 is 25.9 Å². The number of aromatic nitrogens is 3. The summed E-state index contributed by atoms with van der Waals surface area (Å²) in [6.45, 7) is 3.44. The maximum Gasteiger partial charge on any atom is 0.256 e. The normalized spacial score (nSPS) is 15.4. The standard InChI is InChI=1S/C17H23FN8O2S/c1-28-17(29)20-9-12-10-26(23-21-12)13-2-3-15(14(18)8-13)25-6-4-24(5-7-25)11-16(19)22-27/h2-3,8,10,27H,4-7,9,11H2,1H3,(H2,19,22)(H,20,29). The van der Waals surface area contributed by atoms with Gasteiger partial charge in [0.15, 0.2) is 5.84 Å². The van der Waals surface area contributed by atoms with Crippen LogP contribution in [0.5, 0.6) is 0 Å². The number of piperazine rings is 1. The van der Waals surface area contributed by atoms with Crippen LogP contribution in [-0.2, 0) is 11.3 Å². The van der Waals surface area contributed by atoms with Gasteiger partial charge in [-0.1, -0.05) is 10.4 Å². The first-order valence-electron chi connectivity index (χ1n) is 8.97. The van der Waals surface area contributed by atoms with Crippen molar-refractivity contribution in [3.63, 3.8) is 0 Å². The van der Waals surface area contributed by atoms with E-state index in [0.717, 1.165) is 0 Å². The van der Waals surface area contributed by atoms with Crippen molar-refractivity contribution in [2.45, 2.75) is 6.54 Å². The van der Waals surface area contributed by atoms with Crippen LogP contribution in [0.25, 0.3) is 5.69 Å². The van der Waals surface area contributed by atoms with Gasteiger partial charge in [0.1, 0.15) is 11.5 Å². The number of benzene rings is 1. The Labute approximate surface area is 172 Å². The van der Waals surface area contributed by atoms with Gasteiger partial charge in [-0.2, -0.15) is 0 Å². The fourth-order valence-corrected chi connectivity index (χ4v) is 3.12. The van der Waals surface area contributed by atoms with Gasteiger partial charge in [0.2, 0.25) is 0 Å². The lowest BCUT2D eigenvalue weighted by atomic mass is 10.2. The van der Waals surface area contributed by atoms with Crippen molar-refractivity contribution in [1.82, 2.24) is 25.2 Å². The van der Waals surface area contributed by atoms with Crippen LogP contribution in [0, 0.1) is 5.82 Å². The number of oxime groups is 1. The summed E-state index contributed by atoms with van der Waals surface area (Å²) in [6, 6.07) is 4.97. The van der Waals surface area contributed by atoms with Crippen LogP contribution in [0.1, 0.15) is 5.69 Å².